The summed E-state index contributed by atoms with van der Waals surface area (Å²) in [5, 5.41) is 4.43. The first-order valence-electron chi connectivity index (χ1n) is 4.94. The third-order valence-electron chi connectivity index (χ3n) is 2.29. The second-order valence-electron chi connectivity index (χ2n) is 3.60. The Morgan fingerprint density at radius 3 is 2.28 bits per heavy atom. The van der Waals surface area contributed by atoms with E-state index in [-0.39, 0.29) is 0 Å². The van der Waals surface area contributed by atoms with Crippen molar-refractivity contribution in [3.8, 4) is 0 Å². The van der Waals surface area contributed by atoms with Crippen molar-refractivity contribution in [2.24, 2.45) is 0 Å². The van der Waals surface area contributed by atoms with Crippen LogP contribution in [0.2, 0.25) is 15.1 Å². The minimum atomic E-state index is 0.412. The van der Waals surface area contributed by atoms with Gasteiger partial charge in [-0.05, 0) is 30.3 Å². The molecule has 0 aliphatic heterocycles. The number of benzene rings is 2. The van der Waals surface area contributed by atoms with Gasteiger partial charge in [0.2, 0.25) is 0 Å². The Morgan fingerprint density at radius 2 is 1.56 bits per heavy atom. The van der Waals surface area contributed by atoms with Gasteiger partial charge in [-0.3, -0.25) is 0 Å². The molecule has 0 heterocycles. The zero-order chi connectivity index (χ0) is 13.3. The molecule has 0 aliphatic rings. The fraction of sp³-hybridized carbons (Fsp3) is 0. The van der Waals surface area contributed by atoms with Crippen LogP contribution in [-0.4, -0.2) is 0 Å². The number of nitrogens with one attached hydrogen (secondary N) is 1. The van der Waals surface area contributed by atoms with Crippen LogP contribution in [0.25, 0.3) is 0 Å². The molecule has 94 valence electrons. The lowest BCUT2D eigenvalue weighted by Crippen LogP contribution is -1.97. The molecule has 0 fully saturated rings. The normalized spacial score (nSPS) is 10.4. The van der Waals surface area contributed by atoms with E-state index < -0.39 is 0 Å². The van der Waals surface area contributed by atoms with Crippen molar-refractivity contribution in [2.45, 2.75) is 0 Å². The minimum absolute atomic E-state index is 0.412. The molecule has 3 N–H and O–H groups in total. The summed E-state index contributed by atoms with van der Waals surface area (Å²) in [7, 11) is 0. The number of nitrogens with two attached hydrogens (primary N) is 1. The highest BCUT2D eigenvalue weighted by Gasteiger charge is 2.08. The maximum Gasteiger partial charge on any atom is 0.0656 e. The largest absolute Gasteiger partial charge is 0.397 e. The van der Waals surface area contributed by atoms with Crippen molar-refractivity contribution >= 4 is 67.8 Å². The lowest BCUT2D eigenvalue weighted by Gasteiger charge is -2.12. The van der Waals surface area contributed by atoms with Gasteiger partial charge in [0.05, 0.1) is 32.1 Å². The van der Waals surface area contributed by atoms with Crippen molar-refractivity contribution < 1.29 is 0 Å². The SMILES string of the molecule is Nc1ccc(Br)cc1Nc1cc(Cl)c(Cl)cc1Cl. The van der Waals surface area contributed by atoms with Gasteiger partial charge in [-0.2, -0.15) is 0 Å². The van der Waals surface area contributed by atoms with E-state index >= 15 is 0 Å². The molecule has 0 spiro atoms. The molecule has 0 amide bonds. The molecule has 0 radical (unpaired) electrons. The van der Waals surface area contributed by atoms with E-state index in [1.807, 2.05) is 12.1 Å². The third-order valence-corrected chi connectivity index (χ3v) is 3.82. The van der Waals surface area contributed by atoms with Crippen LogP contribution in [0.5, 0.6) is 0 Å². The van der Waals surface area contributed by atoms with Gasteiger partial charge in [-0.25, -0.2) is 0 Å². The molecule has 0 saturated carbocycles. The van der Waals surface area contributed by atoms with E-state index in [0.717, 1.165) is 10.2 Å². The summed E-state index contributed by atoms with van der Waals surface area (Å²) in [4.78, 5) is 0. The van der Waals surface area contributed by atoms with Gasteiger partial charge >= 0.3 is 0 Å². The van der Waals surface area contributed by atoms with Gasteiger partial charge in [0, 0.05) is 4.47 Å². The first kappa shape index (κ1) is 13.8. The quantitative estimate of drug-likeness (QED) is 0.526. The van der Waals surface area contributed by atoms with Crippen LogP contribution in [0.3, 0.4) is 0 Å². The molecular weight excluding hydrogens is 358 g/mol. The van der Waals surface area contributed by atoms with E-state index in [9.17, 15) is 0 Å². The zero-order valence-electron chi connectivity index (χ0n) is 8.98. The van der Waals surface area contributed by atoms with Crippen LogP contribution in [0.4, 0.5) is 17.1 Å². The van der Waals surface area contributed by atoms with Crippen LogP contribution >= 0.6 is 50.7 Å². The van der Waals surface area contributed by atoms with E-state index in [0.29, 0.717) is 26.4 Å². The van der Waals surface area contributed by atoms with Gasteiger partial charge in [0.15, 0.2) is 0 Å². The average Bonchev–Trinajstić information content (AvgIpc) is 2.30. The molecule has 18 heavy (non-hydrogen) atoms. The summed E-state index contributed by atoms with van der Waals surface area (Å²) in [5.74, 6) is 0. The van der Waals surface area contributed by atoms with Crippen molar-refractivity contribution in [1.29, 1.82) is 0 Å². The topological polar surface area (TPSA) is 38.0 Å². The Hall–Kier alpha value is -0.610. The number of hydrogen-bond donors (Lipinski definition) is 2. The van der Waals surface area contributed by atoms with E-state index in [1.54, 1.807) is 18.2 Å². The number of halogens is 4. The van der Waals surface area contributed by atoms with Crippen LogP contribution < -0.4 is 11.1 Å². The third kappa shape index (κ3) is 3.04. The number of anilines is 3. The first-order chi connectivity index (χ1) is 8.47. The average molecular weight is 366 g/mol. The predicted octanol–water partition coefficient (Wildman–Crippen LogP) is 5.74. The molecule has 0 bridgehead atoms. The summed E-state index contributed by atoms with van der Waals surface area (Å²) >= 11 is 21.3. The van der Waals surface area contributed by atoms with Gasteiger partial charge < -0.3 is 11.1 Å². The van der Waals surface area contributed by atoms with Crippen LogP contribution in [-0.2, 0) is 0 Å². The van der Waals surface area contributed by atoms with Crippen LogP contribution in [0.1, 0.15) is 0 Å². The first-order valence-corrected chi connectivity index (χ1v) is 6.86. The molecule has 0 atom stereocenters. The van der Waals surface area contributed by atoms with Crippen LogP contribution in [0, 0.1) is 0 Å². The van der Waals surface area contributed by atoms with Gasteiger partial charge in [-0.1, -0.05) is 50.7 Å². The molecule has 2 rings (SSSR count). The summed E-state index contributed by atoms with van der Waals surface area (Å²) in [5.41, 5.74) is 7.87. The van der Waals surface area contributed by atoms with E-state index in [2.05, 4.69) is 21.2 Å². The van der Waals surface area contributed by atoms with Crippen LogP contribution in [0.15, 0.2) is 34.8 Å². The second-order valence-corrected chi connectivity index (χ2v) is 5.74. The van der Waals surface area contributed by atoms with Crippen molar-refractivity contribution in [3.63, 3.8) is 0 Å². The Labute approximate surface area is 128 Å². The van der Waals surface area contributed by atoms with Gasteiger partial charge in [0.1, 0.15) is 0 Å². The zero-order valence-corrected chi connectivity index (χ0v) is 12.8. The molecule has 0 aromatic heterocycles. The Kier molecular flexibility index (Phi) is 4.28. The standard InChI is InChI=1S/C12H8BrCl3N2/c13-6-1-2-10(17)12(3-6)18-11-5-8(15)7(14)4-9(11)16/h1-5,18H,17H2. The van der Waals surface area contributed by atoms with Gasteiger partial charge in [0.25, 0.3) is 0 Å². The molecule has 2 aromatic carbocycles. The fourth-order valence-corrected chi connectivity index (χ4v) is 2.36. The number of hydrogen-bond acceptors (Lipinski definition) is 2. The highest BCUT2D eigenvalue weighted by Crippen LogP contribution is 2.35. The van der Waals surface area contributed by atoms with E-state index in [4.69, 9.17) is 40.5 Å². The number of rotatable bonds is 2. The predicted molar refractivity (Wildman–Crippen MR) is 83.3 cm³/mol. The smallest absolute Gasteiger partial charge is 0.0656 e. The highest BCUT2D eigenvalue weighted by atomic mass is 79.9. The maximum absolute atomic E-state index is 6.09. The number of nitrogen functional groups attached to an aromatic ring is 1. The Balaban J connectivity index is 2.40. The Bertz CT molecular complexity index is 602. The summed E-state index contributed by atoms with van der Waals surface area (Å²) in [6, 6.07) is 8.75. The summed E-state index contributed by atoms with van der Waals surface area (Å²) in [6.07, 6.45) is 0. The summed E-state index contributed by atoms with van der Waals surface area (Å²) < 4.78 is 0.912. The molecular formula is C12H8BrCl3N2. The summed E-state index contributed by atoms with van der Waals surface area (Å²) in [6.45, 7) is 0. The van der Waals surface area contributed by atoms with Crippen molar-refractivity contribution in [1.82, 2.24) is 0 Å². The monoisotopic (exact) mass is 364 g/mol. The van der Waals surface area contributed by atoms with Crippen molar-refractivity contribution in [3.05, 3.63) is 49.9 Å². The molecule has 2 aromatic rings. The Morgan fingerprint density at radius 1 is 0.889 bits per heavy atom. The molecule has 0 saturated heterocycles. The van der Waals surface area contributed by atoms with Gasteiger partial charge in [-0.15, -0.1) is 0 Å². The fourth-order valence-electron chi connectivity index (χ4n) is 1.40. The minimum Gasteiger partial charge on any atom is -0.397 e. The molecule has 0 aliphatic carbocycles. The lowest BCUT2D eigenvalue weighted by molar-refractivity contribution is 1.53. The molecule has 0 unspecified atom stereocenters. The maximum atomic E-state index is 6.09. The second kappa shape index (κ2) is 5.57. The van der Waals surface area contributed by atoms with Crippen molar-refractivity contribution in [2.75, 3.05) is 11.1 Å². The molecule has 2 nitrogen and oxygen atoms in total. The lowest BCUT2D eigenvalue weighted by atomic mass is 10.2. The molecule has 6 heteroatoms. The highest BCUT2D eigenvalue weighted by molar-refractivity contribution is 9.10. The van der Waals surface area contributed by atoms with E-state index in [1.165, 1.54) is 0 Å².